The number of aromatic nitrogens is 2. The van der Waals surface area contributed by atoms with Gasteiger partial charge >= 0.3 is 0 Å². The van der Waals surface area contributed by atoms with Gasteiger partial charge in [-0.15, -0.1) is 11.3 Å². The molecule has 0 unspecified atom stereocenters. The molecule has 0 aliphatic rings. The summed E-state index contributed by atoms with van der Waals surface area (Å²) in [6, 6.07) is 11.4. The summed E-state index contributed by atoms with van der Waals surface area (Å²) < 4.78 is 1.88. The van der Waals surface area contributed by atoms with E-state index >= 15 is 0 Å². The first kappa shape index (κ1) is 18.4. The normalized spacial score (nSPS) is 11.1. The van der Waals surface area contributed by atoms with Crippen molar-refractivity contribution in [2.75, 3.05) is 4.90 Å². The van der Waals surface area contributed by atoms with E-state index in [1.807, 2.05) is 31.2 Å². The highest BCUT2D eigenvalue weighted by atomic mass is 35.5. The average molecular weight is 434 g/mol. The molecule has 27 heavy (non-hydrogen) atoms. The maximum Gasteiger partial charge on any atom is 0.262 e. The molecular weight excluding hydrogens is 421 g/mol. The molecule has 1 aromatic carbocycles. The fourth-order valence-electron chi connectivity index (χ4n) is 2.67. The summed E-state index contributed by atoms with van der Waals surface area (Å²) in [6.07, 6.45) is 3.44. The van der Waals surface area contributed by atoms with Crippen molar-refractivity contribution in [2.45, 2.75) is 13.5 Å². The van der Waals surface area contributed by atoms with Crippen LogP contribution in [0.2, 0.25) is 8.67 Å². The number of halogens is 2. The van der Waals surface area contributed by atoms with E-state index in [-0.39, 0.29) is 5.91 Å². The molecule has 8 heteroatoms. The number of thiophene rings is 1. The van der Waals surface area contributed by atoms with Crippen LogP contribution in [0.4, 0.5) is 5.13 Å². The van der Waals surface area contributed by atoms with E-state index in [1.54, 1.807) is 23.4 Å². The van der Waals surface area contributed by atoms with Gasteiger partial charge < -0.3 is 0 Å². The number of pyridine rings is 1. The van der Waals surface area contributed by atoms with Crippen molar-refractivity contribution in [3.05, 3.63) is 74.2 Å². The van der Waals surface area contributed by atoms with Crippen molar-refractivity contribution in [3.63, 3.8) is 0 Å². The van der Waals surface area contributed by atoms with Crippen molar-refractivity contribution in [1.82, 2.24) is 9.97 Å². The number of benzene rings is 1. The average Bonchev–Trinajstić information content (AvgIpc) is 3.22. The first-order valence-electron chi connectivity index (χ1n) is 8.04. The Kier molecular flexibility index (Phi) is 5.14. The Hall–Kier alpha value is -1.99. The zero-order valence-electron chi connectivity index (χ0n) is 14.1. The summed E-state index contributed by atoms with van der Waals surface area (Å²) in [5, 5.41) is 0.614. The monoisotopic (exact) mass is 433 g/mol. The highest BCUT2D eigenvalue weighted by Gasteiger charge is 2.25. The number of carbonyl (C=O) groups is 1. The summed E-state index contributed by atoms with van der Waals surface area (Å²) >= 11 is 14.9. The molecule has 1 amide bonds. The molecule has 0 spiro atoms. The van der Waals surface area contributed by atoms with Gasteiger partial charge in [0.1, 0.15) is 4.34 Å². The van der Waals surface area contributed by atoms with Crippen molar-refractivity contribution < 1.29 is 4.79 Å². The Balaban J connectivity index is 1.79. The van der Waals surface area contributed by atoms with E-state index in [9.17, 15) is 4.79 Å². The molecule has 0 aliphatic heterocycles. The lowest BCUT2D eigenvalue weighted by atomic mass is 10.2. The number of rotatable bonds is 4. The van der Waals surface area contributed by atoms with Crippen LogP contribution in [0, 0.1) is 6.92 Å². The molecule has 4 nitrogen and oxygen atoms in total. The summed E-state index contributed by atoms with van der Waals surface area (Å²) in [5.41, 5.74) is 3.29. The van der Waals surface area contributed by atoms with Crippen LogP contribution in [-0.2, 0) is 6.54 Å². The van der Waals surface area contributed by atoms with Crippen LogP contribution < -0.4 is 4.90 Å². The summed E-state index contributed by atoms with van der Waals surface area (Å²) in [5.74, 6) is -0.234. The van der Waals surface area contributed by atoms with Gasteiger partial charge in [0.15, 0.2) is 5.13 Å². The van der Waals surface area contributed by atoms with Gasteiger partial charge in [-0.3, -0.25) is 14.7 Å². The number of hydrogen-bond acceptors (Lipinski definition) is 5. The van der Waals surface area contributed by atoms with E-state index in [0.717, 1.165) is 21.3 Å². The van der Waals surface area contributed by atoms with Crippen LogP contribution in [0.3, 0.4) is 0 Å². The molecule has 136 valence electrons. The number of fused-ring (bicyclic) bond motifs is 1. The zero-order valence-corrected chi connectivity index (χ0v) is 17.3. The maximum atomic E-state index is 13.3. The lowest BCUT2D eigenvalue weighted by molar-refractivity contribution is 0.0985. The minimum absolute atomic E-state index is 0.234. The zero-order chi connectivity index (χ0) is 19.0. The quantitative estimate of drug-likeness (QED) is 0.383. The number of hydrogen-bond donors (Lipinski definition) is 0. The van der Waals surface area contributed by atoms with Crippen LogP contribution in [0.15, 0.2) is 48.8 Å². The Morgan fingerprint density at radius 3 is 2.74 bits per heavy atom. The fourth-order valence-corrected chi connectivity index (χ4v) is 5.18. The minimum Gasteiger partial charge on any atom is -0.279 e. The second-order valence-corrected chi connectivity index (χ2v) is 9.25. The summed E-state index contributed by atoms with van der Waals surface area (Å²) in [7, 11) is 0. The lowest BCUT2D eigenvalue weighted by Gasteiger charge is -2.19. The second-order valence-electron chi connectivity index (χ2n) is 5.96. The van der Waals surface area contributed by atoms with E-state index in [2.05, 4.69) is 16.0 Å². The molecular formula is C19H13Cl2N3OS2. The first-order valence-corrected chi connectivity index (χ1v) is 10.4. The number of carbonyl (C=O) groups excluding carboxylic acids is 1. The van der Waals surface area contributed by atoms with E-state index < -0.39 is 0 Å². The standard InChI is InChI=1S/C19H13Cl2N3OS2/c1-11-4-5-14-15(7-11)26-19(23-14)24(10-12-3-2-6-22-9-12)18(25)13-8-16(20)27-17(13)21/h2-9H,10H2,1H3. The molecule has 0 radical (unpaired) electrons. The van der Waals surface area contributed by atoms with Gasteiger partial charge in [-0.2, -0.15) is 0 Å². The smallest absolute Gasteiger partial charge is 0.262 e. The van der Waals surface area contributed by atoms with Crippen LogP contribution >= 0.6 is 45.9 Å². The van der Waals surface area contributed by atoms with Crippen molar-refractivity contribution in [3.8, 4) is 0 Å². The van der Waals surface area contributed by atoms with Crippen molar-refractivity contribution >= 4 is 67.1 Å². The highest BCUT2D eigenvalue weighted by Crippen LogP contribution is 2.35. The number of nitrogens with zero attached hydrogens (tertiary/aromatic N) is 3. The third kappa shape index (κ3) is 3.84. The molecule has 0 N–H and O–H groups in total. The molecule has 0 aliphatic carbocycles. The topological polar surface area (TPSA) is 46.1 Å². The minimum atomic E-state index is -0.234. The predicted molar refractivity (Wildman–Crippen MR) is 113 cm³/mol. The fraction of sp³-hybridized carbons (Fsp3) is 0.105. The third-order valence-electron chi connectivity index (χ3n) is 3.96. The molecule has 4 rings (SSSR count). The van der Waals surface area contributed by atoms with Crippen molar-refractivity contribution in [1.29, 1.82) is 0 Å². The Labute approximate surface area is 174 Å². The van der Waals surface area contributed by atoms with Crippen molar-refractivity contribution in [2.24, 2.45) is 0 Å². The van der Waals surface area contributed by atoms with Gasteiger partial charge in [-0.25, -0.2) is 4.98 Å². The van der Waals surface area contributed by atoms with Gasteiger partial charge in [0, 0.05) is 12.4 Å². The number of amides is 1. The van der Waals surface area contributed by atoms with Gasteiger partial charge in [0.05, 0.1) is 26.7 Å². The maximum absolute atomic E-state index is 13.3. The van der Waals surface area contributed by atoms with E-state index in [1.165, 1.54) is 22.7 Å². The first-order chi connectivity index (χ1) is 13.0. The Morgan fingerprint density at radius 2 is 2.04 bits per heavy atom. The van der Waals surface area contributed by atoms with Gasteiger partial charge in [0.25, 0.3) is 5.91 Å². The molecule has 0 atom stereocenters. The summed E-state index contributed by atoms with van der Waals surface area (Å²) in [6.45, 7) is 2.37. The number of aryl methyl sites for hydroxylation is 1. The van der Waals surface area contributed by atoms with Crippen LogP contribution in [-0.4, -0.2) is 15.9 Å². The predicted octanol–water partition coefficient (Wildman–Crippen LogP) is 6.22. The van der Waals surface area contributed by atoms with Crippen LogP contribution in [0.25, 0.3) is 10.2 Å². The molecule has 0 bridgehead atoms. The summed E-state index contributed by atoms with van der Waals surface area (Å²) in [4.78, 5) is 23.7. The second kappa shape index (κ2) is 7.56. The van der Waals surface area contributed by atoms with Gasteiger partial charge in [-0.1, -0.05) is 46.7 Å². The molecule has 3 heterocycles. The molecule has 0 saturated carbocycles. The van der Waals surface area contributed by atoms with Gasteiger partial charge in [0.2, 0.25) is 0 Å². The highest BCUT2D eigenvalue weighted by molar-refractivity contribution is 7.22. The van der Waals surface area contributed by atoms with Crippen LogP contribution in [0.5, 0.6) is 0 Å². The van der Waals surface area contributed by atoms with Gasteiger partial charge in [-0.05, 0) is 42.3 Å². The molecule has 0 fully saturated rings. The largest absolute Gasteiger partial charge is 0.279 e. The third-order valence-corrected chi connectivity index (χ3v) is 6.49. The SMILES string of the molecule is Cc1ccc2nc(N(Cc3cccnc3)C(=O)c3cc(Cl)sc3Cl)sc2c1. The Morgan fingerprint density at radius 1 is 1.19 bits per heavy atom. The van der Waals surface area contributed by atoms with E-state index in [4.69, 9.17) is 23.2 Å². The number of anilines is 1. The number of thiazole rings is 1. The van der Waals surface area contributed by atoms with E-state index in [0.29, 0.717) is 25.9 Å². The molecule has 0 saturated heterocycles. The molecule has 3 aromatic heterocycles. The molecule has 4 aromatic rings. The Bertz CT molecular complexity index is 1120. The van der Waals surface area contributed by atoms with Crippen LogP contribution in [0.1, 0.15) is 21.5 Å². The lowest BCUT2D eigenvalue weighted by Crippen LogP contribution is -2.30.